The van der Waals surface area contributed by atoms with Crippen molar-refractivity contribution in [1.29, 1.82) is 0 Å². The highest BCUT2D eigenvalue weighted by Gasteiger charge is 2.23. The number of alkyl halides is 1. The van der Waals surface area contributed by atoms with Gasteiger partial charge in [0, 0.05) is 23.2 Å². The van der Waals surface area contributed by atoms with E-state index in [-0.39, 0.29) is 5.91 Å². The van der Waals surface area contributed by atoms with Crippen molar-refractivity contribution in [2.45, 2.75) is 13.3 Å². The zero-order chi connectivity index (χ0) is 19.1. The highest BCUT2D eigenvalue weighted by Crippen LogP contribution is 2.36. The summed E-state index contributed by atoms with van der Waals surface area (Å²) >= 11 is 2.37. The first-order valence-corrected chi connectivity index (χ1v) is 11.9. The van der Waals surface area contributed by atoms with Crippen LogP contribution < -0.4 is 20.8 Å². The van der Waals surface area contributed by atoms with Gasteiger partial charge in [0.15, 0.2) is 0 Å². The Morgan fingerprint density at radius 3 is 1.89 bits per heavy atom. The van der Waals surface area contributed by atoms with Gasteiger partial charge in [-0.25, -0.2) is 0 Å². The quantitative estimate of drug-likeness (QED) is 0.271. The largest absolute Gasteiger partial charge is 0.312 e. The molecule has 0 bridgehead atoms. The molecule has 1 amide bonds. The Balaban J connectivity index is 2.15. The highest BCUT2D eigenvalue weighted by molar-refractivity contribution is 14.1. The molecule has 4 heteroatoms. The second-order valence-corrected chi connectivity index (χ2v) is 9.47. The van der Waals surface area contributed by atoms with E-state index in [0.717, 1.165) is 23.1 Å². The molecule has 0 aromatic heterocycles. The summed E-state index contributed by atoms with van der Waals surface area (Å²) in [5.41, 5.74) is 1.04. The van der Waals surface area contributed by atoms with Gasteiger partial charge < -0.3 is 4.90 Å². The maximum absolute atomic E-state index is 12.4. The number of halogens is 1. The van der Waals surface area contributed by atoms with Crippen LogP contribution in [0.2, 0.25) is 0 Å². The van der Waals surface area contributed by atoms with E-state index < -0.39 is 7.92 Å². The number of hydrogen-bond acceptors (Lipinski definition) is 1. The predicted octanol–water partition coefficient (Wildman–Crippen LogP) is 4.62. The van der Waals surface area contributed by atoms with Crippen molar-refractivity contribution in [3.05, 3.63) is 84.9 Å². The van der Waals surface area contributed by atoms with E-state index in [1.54, 1.807) is 6.92 Å². The van der Waals surface area contributed by atoms with Crippen LogP contribution in [0.15, 0.2) is 84.9 Å². The molecule has 0 spiro atoms. The molecule has 0 fully saturated rings. The summed E-state index contributed by atoms with van der Waals surface area (Å²) in [6, 6.07) is 29.6. The van der Waals surface area contributed by atoms with E-state index in [1.807, 2.05) is 11.0 Å². The Hall–Kier alpha value is -1.71. The van der Waals surface area contributed by atoms with Crippen molar-refractivity contribution >= 4 is 58.0 Å². The molecule has 3 rings (SSSR count). The van der Waals surface area contributed by atoms with Gasteiger partial charge in [-0.15, -0.1) is 0 Å². The maximum Gasteiger partial charge on any atom is 0.223 e. The monoisotopic (exact) mass is 487 g/mol. The lowest BCUT2D eigenvalue weighted by atomic mass is 10.2. The van der Waals surface area contributed by atoms with E-state index in [4.69, 9.17) is 0 Å². The van der Waals surface area contributed by atoms with E-state index in [1.165, 1.54) is 15.9 Å². The van der Waals surface area contributed by atoms with E-state index >= 15 is 0 Å². The Morgan fingerprint density at radius 2 is 1.37 bits per heavy atom. The topological polar surface area (TPSA) is 20.3 Å². The van der Waals surface area contributed by atoms with Crippen LogP contribution in [-0.2, 0) is 4.79 Å². The van der Waals surface area contributed by atoms with Gasteiger partial charge in [-0.1, -0.05) is 101 Å². The first-order valence-electron chi connectivity index (χ1n) is 9.05. The fraction of sp³-hybridized carbons (Fsp3) is 0.174. The summed E-state index contributed by atoms with van der Waals surface area (Å²) in [6.07, 6.45) is 0.989. The lowest BCUT2D eigenvalue weighted by Gasteiger charge is -2.28. The zero-order valence-corrected chi connectivity index (χ0v) is 18.4. The molecule has 0 saturated heterocycles. The molecule has 0 unspecified atom stereocenters. The number of anilines is 1. The van der Waals surface area contributed by atoms with Gasteiger partial charge in [0.1, 0.15) is 0 Å². The number of rotatable bonds is 7. The molecule has 0 aliphatic heterocycles. The molecule has 2 nitrogen and oxygen atoms in total. The van der Waals surface area contributed by atoms with E-state index in [9.17, 15) is 4.79 Å². The molecule has 0 saturated carbocycles. The van der Waals surface area contributed by atoms with Gasteiger partial charge in [-0.05, 0) is 31.0 Å². The van der Waals surface area contributed by atoms with Crippen LogP contribution in [0.25, 0.3) is 0 Å². The van der Waals surface area contributed by atoms with Gasteiger partial charge in [0.05, 0.1) is 5.69 Å². The lowest BCUT2D eigenvalue weighted by Crippen LogP contribution is -2.35. The van der Waals surface area contributed by atoms with Gasteiger partial charge >= 0.3 is 0 Å². The van der Waals surface area contributed by atoms with Crippen LogP contribution >= 0.6 is 30.5 Å². The van der Waals surface area contributed by atoms with E-state index in [2.05, 4.69) is 101 Å². The summed E-state index contributed by atoms with van der Waals surface area (Å²) in [7, 11) is -0.735. The molecule has 27 heavy (non-hydrogen) atoms. The van der Waals surface area contributed by atoms with Crippen molar-refractivity contribution in [2.75, 3.05) is 15.9 Å². The first-order chi connectivity index (χ1) is 13.2. The summed E-state index contributed by atoms with van der Waals surface area (Å²) < 4.78 is 1.04. The minimum Gasteiger partial charge on any atom is -0.312 e. The predicted molar refractivity (Wildman–Crippen MR) is 127 cm³/mol. The van der Waals surface area contributed by atoms with Gasteiger partial charge in [-0.2, -0.15) is 0 Å². The van der Waals surface area contributed by atoms with Crippen LogP contribution in [0.1, 0.15) is 13.3 Å². The van der Waals surface area contributed by atoms with Crippen molar-refractivity contribution in [3.63, 3.8) is 0 Å². The standard InChI is InChI=1S/C23H23INOP/c1-19(26)25(18-10-17-24)22-15-8-9-16-23(22)27(20-11-4-2-5-12-20)21-13-6-3-7-14-21/h2-9,11-16H,10,17-18H2,1H3. The third-order valence-corrected chi connectivity index (χ3v) is 7.59. The average Bonchev–Trinajstić information content (AvgIpc) is 2.71. The summed E-state index contributed by atoms with van der Waals surface area (Å²) in [6.45, 7) is 2.42. The van der Waals surface area contributed by atoms with Crippen LogP contribution in [0.3, 0.4) is 0 Å². The zero-order valence-electron chi connectivity index (χ0n) is 15.4. The molecule has 0 aliphatic carbocycles. The first kappa shape index (κ1) is 20.0. The second-order valence-electron chi connectivity index (χ2n) is 6.21. The molecule has 0 N–H and O–H groups in total. The number of nitrogens with zero attached hydrogens (tertiary/aromatic N) is 1. The smallest absolute Gasteiger partial charge is 0.223 e. The molecule has 0 radical (unpaired) electrons. The molecule has 3 aromatic carbocycles. The van der Waals surface area contributed by atoms with Crippen molar-refractivity contribution < 1.29 is 4.79 Å². The Kier molecular flexibility index (Phi) is 7.42. The number of carbonyl (C=O) groups is 1. The summed E-state index contributed by atoms with van der Waals surface area (Å²) in [4.78, 5) is 14.4. The minimum atomic E-state index is -0.735. The Bertz CT molecular complexity index is 830. The molecule has 0 heterocycles. The molecule has 0 aliphatic rings. The van der Waals surface area contributed by atoms with Gasteiger partial charge in [0.25, 0.3) is 0 Å². The third-order valence-electron chi connectivity index (χ3n) is 4.34. The Labute approximate surface area is 176 Å². The van der Waals surface area contributed by atoms with Crippen LogP contribution in [0.5, 0.6) is 0 Å². The molecular formula is C23H23INOP. The number of para-hydroxylation sites is 1. The van der Waals surface area contributed by atoms with Crippen LogP contribution in [0.4, 0.5) is 5.69 Å². The van der Waals surface area contributed by atoms with Gasteiger partial charge in [-0.3, -0.25) is 4.79 Å². The average molecular weight is 487 g/mol. The molecule has 3 aromatic rings. The molecular weight excluding hydrogens is 464 g/mol. The highest BCUT2D eigenvalue weighted by atomic mass is 127. The minimum absolute atomic E-state index is 0.100. The van der Waals surface area contributed by atoms with Crippen molar-refractivity contribution in [3.8, 4) is 0 Å². The number of amides is 1. The molecule has 138 valence electrons. The van der Waals surface area contributed by atoms with Crippen molar-refractivity contribution in [2.24, 2.45) is 0 Å². The van der Waals surface area contributed by atoms with E-state index in [0.29, 0.717) is 0 Å². The van der Waals surface area contributed by atoms with Crippen LogP contribution in [-0.4, -0.2) is 16.9 Å². The number of hydrogen-bond donors (Lipinski definition) is 0. The fourth-order valence-corrected chi connectivity index (χ4v) is 5.92. The Morgan fingerprint density at radius 1 is 0.852 bits per heavy atom. The lowest BCUT2D eigenvalue weighted by molar-refractivity contribution is -0.116. The second kappa shape index (κ2) is 10.0. The maximum atomic E-state index is 12.4. The van der Waals surface area contributed by atoms with Crippen molar-refractivity contribution in [1.82, 2.24) is 0 Å². The SMILES string of the molecule is CC(=O)N(CCCI)c1ccccc1P(c1ccccc1)c1ccccc1. The summed E-state index contributed by atoms with van der Waals surface area (Å²) in [5.74, 6) is 0.100. The summed E-state index contributed by atoms with van der Waals surface area (Å²) in [5, 5.41) is 3.82. The number of benzene rings is 3. The third kappa shape index (κ3) is 4.97. The van der Waals surface area contributed by atoms with Gasteiger partial charge in [0.2, 0.25) is 5.91 Å². The molecule has 0 atom stereocenters. The number of carbonyl (C=O) groups excluding carboxylic acids is 1. The fourth-order valence-electron chi connectivity index (χ4n) is 3.13. The normalized spacial score (nSPS) is 10.8. The van der Waals surface area contributed by atoms with Crippen LogP contribution in [0, 0.1) is 0 Å².